The third-order valence-corrected chi connectivity index (χ3v) is 5.66. The molecule has 1 aliphatic heterocycles. The normalized spacial score (nSPS) is 13.9. The largest absolute Gasteiger partial charge is 0.444 e. The fourth-order valence-electron chi connectivity index (χ4n) is 3.54. The molecule has 0 bridgehead atoms. The number of piperazine rings is 1. The van der Waals surface area contributed by atoms with Crippen molar-refractivity contribution in [3.8, 4) is 0 Å². The lowest BCUT2D eigenvalue weighted by atomic mass is 10.1. The number of amides is 2. The van der Waals surface area contributed by atoms with E-state index in [-0.39, 0.29) is 17.6 Å². The molecule has 2 amide bonds. The van der Waals surface area contributed by atoms with Crippen molar-refractivity contribution in [2.24, 2.45) is 0 Å². The molecule has 0 spiro atoms. The van der Waals surface area contributed by atoms with Crippen molar-refractivity contribution in [2.75, 3.05) is 36.4 Å². The zero-order valence-electron chi connectivity index (χ0n) is 16.6. The molecule has 1 N–H and O–H groups in total. The highest BCUT2D eigenvalue weighted by molar-refractivity contribution is 9.10. The lowest BCUT2D eigenvalue weighted by Gasteiger charge is -2.36. The number of aryl methyl sites for hydroxylation is 1. The van der Waals surface area contributed by atoms with Crippen molar-refractivity contribution >= 4 is 39.1 Å². The number of carbonyl (C=O) groups is 2. The molecule has 2 heterocycles. The lowest BCUT2D eigenvalue weighted by Crippen LogP contribution is -2.48. The number of nitrogens with zero attached hydrogens (tertiary/aromatic N) is 2. The molecule has 1 fully saturated rings. The van der Waals surface area contributed by atoms with Crippen LogP contribution in [-0.2, 0) is 0 Å². The fourth-order valence-corrected chi connectivity index (χ4v) is 3.84. The SMILES string of the molecule is Cc1ccccc1C(=O)N1CCN(c2ccc(NC(=O)c3ccc(Br)o3)cc2)CC1. The van der Waals surface area contributed by atoms with Crippen molar-refractivity contribution in [1.82, 2.24) is 4.90 Å². The molecule has 4 rings (SSSR count). The summed E-state index contributed by atoms with van der Waals surface area (Å²) in [6.07, 6.45) is 0. The van der Waals surface area contributed by atoms with Gasteiger partial charge in [0.25, 0.3) is 11.8 Å². The van der Waals surface area contributed by atoms with E-state index in [4.69, 9.17) is 4.42 Å². The molecular weight excluding hydrogens is 446 g/mol. The van der Waals surface area contributed by atoms with Crippen LogP contribution in [0.15, 0.2) is 69.8 Å². The van der Waals surface area contributed by atoms with E-state index >= 15 is 0 Å². The summed E-state index contributed by atoms with van der Waals surface area (Å²) >= 11 is 3.19. The lowest BCUT2D eigenvalue weighted by molar-refractivity contribution is 0.0746. The summed E-state index contributed by atoms with van der Waals surface area (Å²) in [6, 6.07) is 18.7. The van der Waals surface area contributed by atoms with E-state index in [2.05, 4.69) is 26.1 Å². The summed E-state index contributed by atoms with van der Waals surface area (Å²) in [6.45, 7) is 4.86. The van der Waals surface area contributed by atoms with Crippen LogP contribution in [0.5, 0.6) is 0 Å². The number of hydrogen-bond donors (Lipinski definition) is 1. The van der Waals surface area contributed by atoms with Crippen LogP contribution in [0.4, 0.5) is 11.4 Å². The van der Waals surface area contributed by atoms with Gasteiger partial charge in [0.1, 0.15) is 0 Å². The second kappa shape index (κ2) is 8.75. The number of benzene rings is 2. The van der Waals surface area contributed by atoms with Crippen molar-refractivity contribution in [3.05, 3.63) is 82.2 Å². The number of nitrogens with one attached hydrogen (secondary N) is 1. The van der Waals surface area contributed by atoms with Gasteiger partial charge in [-0.2, -0.15) is 0 Å². The van der Waals surface area contributed by atoms with E-state index in [1.807, 2.05) is 60.4 Å². The summed E-state index contributed by atoms with van der Waals surface area (Å²) in [7, 11) is 0. The second-order valence-corrected chi connectivity index (χ2v) is 7.98. The zero-order valence-corrected chi connectivity index (χ0v) is 18.2. The number of halogens is 1. The molecule has 1 saturated heterocycles. The Labute approximate surface area is 183 Å². The first-order valence-electron chi connectivity index (χ1n) is 9.78. The van der Waals surface area contributed by atoms with Crippen LogP contribution >= 0.6 is 15.9 Å². The maximum atomic E-state index is 12.8. The van der Waals surface area contributed by atoms with Gasteiger partial charge in [-0.25, -0.2) is 0 Å². The van der Waals surface area contributed by atoms with Crippen molar-refractivity contribution in [1.29, 1.82) is 0 Å². The van der Waals surface area contributed by atoms with Crippen LogP contribution < -0.4 is 10.2 Å². The summed E-state index contributed by atoms with van der Waals surface area (Å²) in [4.78, 5) is 29.1. The first kappa shape index (κ1) is 20.2. The van der Waals surface area contributed by atoms with E-state index < -0.39 is 0 Å². The van der Waals surface area contributed by atoms with E-state index in [1.165, 1.54) is 0 Å². The maximum Gasteiger partial charge on any atom is 0.291 e. The highest BCUT2D eigenvalue weighted by Gasteiger charge is 2.23. The summed E-state index contributed by atoms with van der Waals surface area (Å²) < 4.78 is 5.79. The van der Waals surface area contributed by atoms with Gasteiger partial charge in [0.2, 0.25) is 0 Å². The molecule has 0 saturated carbocycles. The Hall–Kier alpha value is -3.06. The quantitative estimate of drug-likeness (QED) is 0.610. The Morgan fingerprint density at radius 1 is 0.933 bits per heavy atom. The number of furan rings is 1. The third kappa shape index (κ3) is 4.41. The minimum atomic E-state index is -0.295. The van der Waals surface area contributed by atoms with E-state index in [1.54, 1.807) is 12.1 Å². The van der Waals surface area contributed by atoms with E-state index in [0.717, 1.165) is 29.9 Å². The molecule has 6 nitrogen and oxygen atoms in total. The smallest absolute Gasteiger partial charge is 0.291 e. The molecule has 30 heavy (non-hydrogen) atoms. The van der Waals surface area contributed by atoms with Crippen molar-refractivity contribution in [2.45, 2.75) is 6.92 Å². The first-order chi connectivity index (χ1) is 14.5. The summed E-state index contributed by atoms with van der Waals surface area (Å²) in [5.41, 5.74) is 3.54. The molecule has 0 unspecified atom stereocenters. The monoisotopic (exact) mass is 467 g/mol. The highest BCUT2D eigenvalue weighted by Crippen LogP contribution is 2.22. The molecule has 2 aromatic carbocycles. The van der Waals surface area contributed by atoms with Gasteiger partial charge < -0.3 is 19.5 Å². The van der Waals surface area contributed by atoms with Crippen molar-refractivity contribution in [3.63, 3.8) is 0 Å². The van der Waals surface area contributed by atoms with E-state index in [0.29, 0.717) is 23.4 Å². The van der Waals surface area contributed by atoms with Crippen LogP contribution in [0.1, 0.15) is 26.5 Å². The van der Waals surface area contributed by atoms with Crippen LogP contribution in [0.3, 0.4) is 0 Å². The van der Waals surface area contributed by atoms with Gasteiger partial charge in [0.05, 0.1) is 0 Å². The Morgan fingerprint density at radius 3 is 2.27 bits per heavy atom. The van der Waals surface area contributed by atoms with Gasteiger partial charge in [-0.15, -0.1) is 0 Å². The van der Waals surface area contributed by atoms with Crippen molar-refractivity contribution < 1.29 is 14.0 Å². The van der Waals surface area contributed by atoms with Gasteiger partial charge in [-0.3, -0.25) is 9.59 Å². The van der Waals surface area contributed by atoms with Gasteiger partial charge >= 0.3 is 0 Å². The van der Waals surface area contributed by atoms with Crippen LogP contribution in [0.25, 0.3) is 0 Å². The number of carbonyl (C=O) groups excluding carboxylic acids is 2. The Kier molecular flexibility index (Phi) is 5.90. The molecule has 7 heteroatoms. The summed E-state index contributed by atoms with van der Waals surface area (Å²) in [5.74, 6) is 0.0487. The Bertz CT molecular complexity index is 1050. The van der Waals surface area contributed by atoms with Gasteiger partial charge in [-0.1, -0.05) is 18.2 Å². The molecule has 1 aromatic heterocycles. The zero-order chi connectivity index (χ0) is 21.1. The summed E-state index contributed by atoms with van der Waals surface area (Å²) in [5, 5.41) is 2.82. The second-order valence-electron chi connectivity index (χ2n) is 7.20. The number of hydrogen-bond acceptors (Lipinski definition) is 4. The average Bonchev–Trinajstić information content (AvgIpc) is 3.21. The number of anilines is 2. The molecular formula is C23H22BrN3O3. The van der Waals surface area contributed by atoms with Crippen LogP contribution in [0, 0.1) is 6.92 Å². The molecule has 1 aliphatic rings. The fraction of sp³-hybridized carbons (Fsp3) is 0.217. The topological polar surface area (TPSA) is 65.8 Å². The molecule has 0 atom stereocenters. The molecule has 154 valence electrons. The Balaban J connectivity index is 1.34. The number of rotatable bonds is 4. The van der Waals surface area contributed by atoms with Crippen LogP contribution in [0.2, 0.25) is 0 Å². The Morgan fingerprint density at radius 2 is 1.63 bits per heavy atom. The van der Waals surface area contributed by atoms with Crippen LogP contribution in [-0.4, -0.2) is 42.9 Å². The first-order valence-corrected chi connectivity index (χ1v) is 10.6. The maximum absolute atomic E-state index is 12.8. The minimum absolute atomic E-state index is 0.0929. The molecule has 0 aliphatic carbocycles. The highest BCUT2D eigenvalue weighted by atomic mass is 79.9. The predicted molar refractivity (Wildman–Crippen MR) is 120 cm³/mol. The van der Waals surface area contributed by atoms with Gasteiger partial charge in [0.15, 0.2) is 10.4 Å². The van der Waals surface area contributed by atoms with Gasteiger partial charge in [-0.05, 0) is 70.9 Å². The standard InChI is InChI=1S/C23H22BrN3O3/c1-16-4-2-3-5-19(16)23(29)27-14-12-26(13-15-27)18-8-6-17(7-9-18)25-22(28)20-10-11-21(24)30-20/h2-11H,12-15H2,1H3,(H,25,28). The molecule has 0 radical (unpaired) electrons. The van der Waals surface area contributed by atoms with Gasteiger partial charge in [0, 0.05) is 43.1 Å². The predicted octanol–water partition coefficient (Wildman–Crippen LogP) is 4.57. The molecule has 3 aromatic rings. The van der Waals surface area contributed by atoms with E-state index in [9.17, 15) is 9.59 Å². The average molecular weight is 468 g/mol. The minimum Gasteiger partial charge on any atom is -0.444 e. The third-order valence-electron chi connectivity index (χ3n) is 5.23.